The van der Waals surface area contributed by atoms with E-state index in [0.29, 0.717) is 12.1 Å². The van der Waals surface area contributed by atoms with E-state index < -0.39 is 0 Å². The number of piperidine rings is 1. The minimum Gasteiger partial charge on any atom is -0.381 e. The fourth-order valence-electron chi connectivity index (χ4n) is 5.18. The Hall–Kier alpha value is -3.36. The summed E-state index contributed by atoms with van der Waals surface area (Å²) >= 11 is 0. The van der Waals surface area contributed by atoms with Crippen LogP contribution in [0.5, 0.6) is 0 Å². The lowest BCUT2D eigenvalue weighted by Gasteiger charge is -2.39. The second-order valence-corrected chi connectivity index (χ2v) is 9.75. The van der Waals surface area contributed by atoms with Crippen molar-refractivity contribution < 1.29 is 4.74 Å². The van der Waals surface area contributed by atoms with Crippen molar-refractivity contribution in [2.24, 2.45) is 12.0 Å². The highest BCUT2D eigenvalue weighted by atomic mass is 16.5. The molecule has 0 amide bonds. The molecule has 188 valence electrons. The summed E-state index contributed by atoms with van der Waals surface area (Å²) in [6.45, 7) is 6.00. The van der Waals surface area contributed by atoms with Gasteiger partial charge in [-0.1, -0.05) is 18.2 Å². The van der Waals surface area contributed by atoms with E-state index in [1.54, 1.807) is 10.9 Å². The van der Waals surface area contributed by atoms with Gasteiger partial charge >= 0.3 is 0 Å². The van der Waals surface area contributed by atoms with Gasteiger partial charge in [-0.2, -0.15) is 10.2 Å². The van der Waals surface area contributed by atoms with Gasteiger partial charge < -0.3 is 15.0 Å². The largest absolute Gasteiger partial charge is 0.381 e. The molecule has 0 saturated carbocycles. The second-order valence-electron chi connectivity index (χ2n) is 9.75. The molecule has 1 aromatic carbocycles. The molecule has 5 rings (SSSR count). The van der Waals surface area contributed by atoms with Crippen LogP contribution in [0.3, 0.4) is 0 Å². The first kappa shape index (κ1) is 24.3. The number of rotatable bonds is 7. The molecule has 3 aromatic rings. The van der Waals surface area contributed by atoms with E-state index in [-0.39, 0.29) is 0 Å². The van der Waals surface area contributed by atoms with Crippen LogP contribution in [0.4, 0.5) is 0 Å². The van der Waals surface area contributed by atoms with E-state index in [1.165, 1.54) is 6.21 Å². The van der Waals surface area contributed by atoms with Gasteiger partial charge in [0.1, 0.15) is 0 Å². The smallest absolute Gasteiger partial charge is 0.0569 e. The molecule has 4 heterocycles. The minimum absolute atomic E-state index is 0.405. The van der Waals surface area contributed by atoms with Crippen LogP contribution in [0.15, 0.2) is 60.2 Å². The van der Waals surface area contributed by atoms with Crippen molar-refractivity contribution in [1.82, 2.24) is 24.5 Å². The van der Waals surface area contributed by atoms with Crippen LogP contribution in [-0.2, 0) is 11.8 Å². The number of ether oxygens (including phenoxy) is 1. The average molecular weight is 486 g/mol. The molecule has 0 bridgehead atoms. The topological polar surface area (TPSA) is 84.3 Å². The molecule has 0 radical (unpaired) electrons. The van der Waals surface area contributed by atoms with Crippen molar-refractivity contribution in [3.05, 3.63) is 66.4 Å². The molecular formula is C28H35N7O. The fourth-order valence-corrected chi connectivity index (χ4v) is 5.18. The number of hydrogen-bond acceptors (Lipinski definition) is 6. The maximum absolute atomic E-state index is 7.96. The number of likely N-dealkylation sites (tertiary alicyclic amines) is 1. The molecule has 2 saturated heterocycles. The average Bonchev–Trinajstić information content (AvgIpc) is 3.59. The Morgan fingerprint density at radius 2 is 1.81 bits per heavy atom. The summed E-state index contributed by atoms with van der Waals surface area (Å²) in [5.41, 5.74) is 5.81. The van der Waals surface area contributed by atoms with Gasteiger partial charge in [0.25, 0.3) is 0 Å². The highest BCUT2D eigenvalue weighted by Crippen LogP contribution is 2.27. The Kier molecular flexibility index (Phi) is 7.53. The van der Waals surface area contributed by atoms with Crippen molar-refractivity contribution >= 4 is 17.5 Å². The summed E-state index contributed by atoms with van der Waals surface area (Å²) < 4.78 is 9.41. The lowest BCUT2D eigenvalue weighted by molar-refractivity contribution is 0.0212. The quantitative estimate of drug-likeness (QED) is 0.496. The zero-order chi connectivity index (χ0) is 24.9. The van der Waals surface area contributed by atoms with Crippen LogP contribution >= 0.6 is 0 Å². The molecule has 36 heavy (non-hydrogen) atoms. The van der Waals surface area contributed by atoms with E-state index in [4.69, 9.17) is 15.1 Å². The molecule has 0 spiro atoms. The molecule has 8 heteroatoms. The zero-order valence-electron chi connectivity index (χ0n) is 21.2. The summed E-state index contributed by atoms with van der Waals surface area (Å²) in [4.78, 5) is 7.33. The molecule has 2 aliphatic rings. The van der Waals surface area contributed by atoms with Crippen LogP contribution in [0, 0.1) is 5.41 Å². The van der Waals surface area contributed by atoms with Gasteiger partial charge in [0.2, 0.25) is 0 Å². The van der Waals surface area contributed by atoms with Crippen molar-refractivity contribution in [3.63, 3.8) is 0 Å². The summed E-state index contributed by atoms with van der Waals surface area (Å²) in [5, 5.41) is 16.9. The van der Waals surface area contributed by atoms with Crippen LogP contribution in [0.25, 0.3) is 16.7 Å². The van der Waals surface area contributed by atoms with Crippen LogP contribution in [0.1, 0.15) is 49.8 Å². The van der Waals surface area contributed by atoms with Gasteiger partial charge in [-0.05, 0) is 49.8 Å². The highest BCUT2D eigenvalue weighted by molar-refractivity contribution is 6.09. The number of hydrogen-bond donors (Lipinski definition) is 1. The normalized spacial score (nSPS) is 19.1. The van der Waals surface area contributed by atoms with E-state index in [2.05, 4.69) is 44.2 Å². The number of aromatic nitrogens is 4. The Bertz CT molecular complexity index is 1240. The number of aryl methyl sites for hydroxylation is 1. The van der Waals surface area contributed by atoms with Crippen LogP contribution in [-0.4, -0.2) is 68.7 Å². The Labute approximate surface area is 212 Å². The van der Waals surface area contributed by atoms with Gasteiger partial charge in [-0.25, -0.2) is 0 Å². The molecule has 1 N–H and O–H groups in total. The Morgan fingerprint density at radius 3 is 2.53 bits per heavy atom. The third-order valence-corrected chi connectivity index (χ3v) is 7.39. The molecule has 2 aromatic heterocycles. The Balaban J connectivity index is 1.25. The van der Waals surface area contributed by atoms with Crippen molar-refractivity contribution in [2.75, 3.05) is 26.3 Å². The maximum atomic E-state index is 7.96. The number of aliphatic imine (C=N–C) groups is 1. The highest BCUT2D eigenvalue weighted by Gasteiger charge is 2.27. The summed E-state index contributed by atoms with van der Waals surface area (Å²) in [6.07, 6.45) is 15.4. The number of nitrogens with one attached hydrogen (secondary N) is 1. The van der Waals surface area contributed by atoms with E-state index in [1.807, 2.05) is 38.6 Å². The van der Waals surface area contributed by atoms with E-state index in [9.17, 15) is 0 Å². The summed E-state index contributed by atoms with van der Waals surface area (Å²) in [6, 6.07) is 9.37. The summed E-state index contributed by atoms with van der Waals surface area (Å²) in [7, 11) is 1.92. The molecule has 2 fully saturated rings. The first-order chi connectivity index (χ1) is 17.6. The summed E-state index contributed by atoms with van der Waals surface area (Å²) in [5.74, 6) is 0. The molecule has 8 nitrogen and oxygen atoms in total. The third kappa shape index (κ3) is 5.55. The zero-order valence-corrected chi connectivity index (χ0v) is 21.2. The lowest BCUT2D eigenvalue weighted by Crippen LogP contribution is -2.44. The molecule has 0 aliphatic carbocycles. The standard InChI is InChI=1S/C28H35N7O/c1-21(22-4-3-5-23(14-22)25-17-31-33(2)19-25)30-16-24(15-29)26-18-32-35(20-26)28-6-10-34(11-7-28)27-8-12-36-13-9-27/h3-5,14-20,27-29H,6-13H2,1-2H3/b24-16+,29-15?,30-21+. The van der Waals surface area contributed by atoms with Gasteiger partial charge in [0.15, 0.2) is 0 Å². The molecule has 0 atom stereocenters. The first-order valence-electron chi connectivity index (χ1n) is 12.8. The van der Waals surface area contributed by atoms with Crippen molar-refractivity contribution in [2.45, 2.75) is 44.7 Å². The monoisotopic (exact) mass is 485 g/mol. The third-order valence-electron chi connectivity index (χ3n) is 7.39. The van der Waals surface area contributed by atoms with Gasteiger partial charge in [0.05, 0.1) is 18.4 Å². The first-order valence-corrected chi connectivity index (χ1v) is 12.8. The van der Waals surface area contributed by atoms with Crippen LogP contribution < -0.4 is 0 Å². The number of nitrogens with zero attached hydrogens (tertiary/aromatic N) is 6. The van der Waals surface area contributed by atoms with Gasteiger partial charge in [-0.15, -0.1) is 0 Å². The molecule has 2 aliphatic heterocycles. The maximum Gasteiger partial charge on any atom is 0.0569 e. The number of benzene rings is 1. The predicted octanol–water partition coefficient (Wildman–Crippen LogP) is 4.60. The predicted molar refractivity (Wildman–Crippen MR) is 144 cm³/mol. The number of allylic oxidation sites excluding steroid dienone is 1. The van der Waals surface area contributed by atoms with Gasteiger partial charge in [0, 0.05) is 86.6 Å². The SMILES string of the molecule is C/C(=N\C=C(/C=N)c1cnn(C2CCN(C3CCOCC3)CC2)c1)c1cccc(-c2cnn(C)c2)c1. The second kappa shape index (κ2) is 11.1. The van der Waals surface area contributed by atoms with Crippen LogP contribution in [0.2, 0.25) is 0 Å². The van der Waals surface area contributed by atoms with E-state index >= 15 is 0 Å². The van der Waals surface area contributed by atoms with Crippen molar-refractivity contribution in [1.29, 1.82) is 5.41 Å². The minimum atomic E-state index is 0.405. The van der Waals surface area contributed by atoms with Crippen molar-refractivity contribution in [3.8, 4) is 11.1 Å². The molecular weight excluding hydrogens is 450 g/mol. The Morgan fingerprint density at radius 1 is 1.00 bits per heavy atom. The van der Waals surface area contributed by atoms with E-state index in [0.717, 1.165) is 85.5 Å². The fraction of sp³-hybridized carbons (Fsp3) is 0.429. The molecule has 0 unspecified atom stereocenters. The lowest BCUT2D eigenvalue weighted by atomic mass is 10.00. The van der Waals surface area contributed by atoms with Gasteiger partial charge in [-0.3, -0.25) is 14.4 Å².